The van der Waals surface area contributed by atoms with Crippen LogP contribution in [-0.2, 0) is 19.1 Å². The molecule has 4 nitrogen and oxygen atoms in total. The van der Waals surface area contributed by atoms with E-state index in [0.29, 0.717) is 0 Å². The molecule has 0 radical (unpaired) electrons. The van der Waals surface area contributed by atoms with E-state index in [-0.39, 0.29) is 29.4 Å². The number of hydrogen-bond acceptors (Lipinski definition) is 4. The Morgan fingerprint density at radius 3 is 1.74 bits per heavy atom. The van der Waals surface area contributed by atoms with Crippen LogP contribution >= 0.6 is 0 Å². The van der Waals surface area contributed by atoms with Gasteiger partial charge in [0.1, 0.15) is 0 Å². The summed E-state index contributed by atoms with van der Waals surface area (Å²) in [6.07, 6.45) is 8.61. The van der Waals surface area contributed by atoms with E-state index in [0.717, 1.165) is 25.7 Å². The van der Waals surface area contributed by atoms with Crippen molar-refractivity contribution in [1.82, 2.24) is 0 Å². The molecule has 0 bridgehead atoms. The maximum absolute atomic E-state index is 12.3. The van der Waals surface area contributed by atoms with Crippen LogP contribution in [0.1, 0.15) is 85.5 Å². The maximum atomic E-state index is 12.3. The van der Waals surface area contributed by atoms with Crippen LogP contribution in [0.5, 0.6) is 0 Å². The van der Waals surface area contributed by atoms with Crippen LogP contribution in [0.25, 0.3) is 0 Å². The molecule has 0 aromatic heterocycles. The van der Waals surface area contributed by atoms with Crippen LogP contribution in [0.15, 0.2) is 12.2 Å². The van der Waals surface area contributed by atoms with Crippen molar-refractivity contribution in [3.8, 4) is 0 Å². The second-order valence-electron chi connectivity index (χ2n) is 7.49. The summed E-state index contributed by atoms with van der Waals surface area (Å²) in [5.74, 6) is -0.737. The van der Waals surface area contributed by atoms with Crippen molar-refractivity contribution in [1.29, 1.82) is 0 Å². The van der Waals surface area contributed by atoms with E-state index >= 15 is 0 Å². The number of rotatable bonds is 17. The summed E-state index contributed by atoms with van der Waals surface area (Å²) in [6, 6.07) is 2.41. The van der Waals surface area contributed by atoms with Crippen molar-refractivity contribution in [2.75, 3.05) is 0 Å². The standard InChI is InChI=1S/C21H42O4Si2/c1-6-10-14-26-19(12-8-3)24-18(22)16-17(5)21(23)25-20(13-9-4)27-15-11-7-2/h19-20H,5-16,26-27H2,1-4H3. The molecule has 0 saturated carbocycles. The van der Waals surface area contributed by atoms with Gasteiger partial charge < -0.3 is 9.47 Å². The molecule has 0 aliphatic heterocycles. The van der Waals surface area contributed by atoms with E-state index in [9.17, 15) is 9.59 Å². The van der Waals surface area contributed by atoms with Gasteiger partial charge in [-0.25, -0.2) is 4.79 Å². The maximum Gasteiger partial charge on any atom is 0.333 e. The summed E-state index contributed by atoms with van der Waals surface area (Å²) in [5.41, 5.74) is 0.388. The topological polar surface area (TPSA) is 52.6 Å². The molecule has 6 heteroatoms. The molecule has 0 amide bonds. The number of carbonyl (C=O) groups excluding carboxylic acids is 2. The van der Waals surface area contributed by atoms with Crippen molar-refractivity contribution in [3.05, 3.63) is 12.2 Å². The number of hydrogen-bond donors (Lipinski definition) is 0. The average Bonchev–Trinajstić information content (AvgIpc) is 2.62. The molecule has 2 unspecified atom stereocenters. The van der Waals surface area contributed by atoms with E-state index < -0.39 is 25.0 Å². The van der Waals surface area contributed by atoms with E-state index in [2.05, 4.69) is 34.3 Å². The van der Waals surface area contributed by atoms with Gasteiger partial charge in [-0.2, -0.15) is 0 Å². The van der Waals surface area contributed by atoms with Crippen molar-refractivity contribution >= 4 is 31.0 Å². The Kier molecular flexibility index (Phi) is 16.7. The molecule has 0 aromatic rings. The monoisotopic (exact) mass is 414 g/mol. The summed E-state index contributed by atoms with van der Waals surface area (Å²) < 4.78 is 11.3. The largest absolute Gasteiger partial charge is 0.467 e. The van der Waals surface area contributed by atoms with Crippen molar-refractivity contribution in [3.63, 3.8) is 0 Å². The minimum Gasteiger partial charge on any atom is -0.467 e. The Hall–Kier alpha value is -0.886. The molecule has 158 valence electrons. The number of ether oxygens (including phenoxy) is 2. The van der Waals surface area contributed by atoms with E-state index in [1.165, 1.54) is 37.8 Å². The highest BCUT2D eigenvalue weighted by Crippen LogP contribution is 2.13. The molecule has 0 aliphatic carbocycles. The van der Waals surface area contributed by atoms with Crippen LogP contribution in [0.4, 0.5) is 0 Å². The lowest BCUT2D eigenvalue weighted by atomic mass is 10.2. The van der Waals surface area contributed by atoms with Gasteiger partial charge in [-0.05, 0) is 12.8 Å². The molecule has 2 atom stereocenters. The number of unbranched alkanes of at least 4 members (excludes halogenated alkanes) is 2. The molecule has 0 heterocycles. The predicted molar refractivity (Wildman–Crippen MR) is 120 cm³/mol. The Morgan fingerprint density at radius 2 is 1.30 bits per heavy atom. The van der Waals surface area contributed by atoms with Gasteiger partial charge in [0.2, 0.25) is 0 Å². The van der Waals surface area contributed by atoms with Gasteiger partial charge in [0, 0.05) is 5.57 Å². The fourth-order valence-electron chi connectivity index (χ4n) is 3.12. The van der Waals surface area contributed by atoms with Crippen LogP contribution in [0, 0.1) is 0 Å². The molecule has 0 saturated heterocycles. The van der Waals surface area contributed by atoms with E-state index in [1.807, 2.05) is 0 Å². The normalized spacial score (nSPS) is 13.9. The molecule has 0 aliphatic rings. The molecule has 0 N–H and O–H groups in total. The highest BCUT2D eigenvalue weighted by atomic mass is 28.2. The quantitative estimate of drug-likeness (QED) is 0.156. The fourth-order valence-corrected chi connectivity index (χ4v) is 7.58. The second-order valence-corrected chi connectivity index (χ2v) is 11.9. The Labute approximate surface area is 171 Å². The molecule has 0 aromatic carbocycles. The van der Waals surface area contributed by atoms with E-state index in [1.54, 1.807) is 0 Å². The molecule has 0 spiro atoms. The predicted octanol–water partition coefficient (Wildman–Crippen LogP) is 4.05. The highest BCUT2D eigenvalue weighted by Gasteiger charge is 2.21. The van der Waals surface area contributed by atoms with Crippen molar-refractivity contribution < 1.29 is 19.1 Å². The highest BCUT2D eigenvalue weighted by molar-refractivity contribution is 6.37. The van der Waals surface area contributed by atoms with Crippen LogP contribution < -0.4 is 0 Å². The summed E-state index contributed by atoms with van der Waals surface area (Å²) in [7, 11) is -0.844. The first-order valence-corrected chi connectivity index (χ1v) is 14.7. The third-order valence-electron chi connectivity index (χ3n) is 4.70. The van der Waals surface area contributed by atoms with Gasteiger partial charge >= 0.3 is 11.9 Å². The van der Waals surface area contributed by atoms with Crippen LogP contribution in [0.2, 0.25) is 12.1 Å². The van der Waals surface area contributed by atoms with Crippen LogP contribution in [0.3, 0.4) is 0 Å². The van der Waals surface area contributed by atoms with Crippen LogP contribution in [-0.4, -0.2) is 42.4 Å². The lowest BCUT2D eigenvalue weighted by Crippen LogP contribution is -2.27. The zero-order valence-electron chi connectivity index (χ0n) is 18.2. The van der Waals surface area contributed by atoms with Gasteiger partial charge in [0.25, 0.3) is 0 Å². The second kappa shape index (κ2) is 17.2. The van der Waals surface area contributed by atoms with Gasteiger partial charge in [-0.3, -0.25) is 4.79 Å². The summed E-state index contributed by atoms with van der Waals surface area (Å²) >= 11 is 0. The van der Waals surface area contributed by atoms with Crippen molar-refractivity contribution in [2.24, 2.45) is 0 Å². The Bertz CT molecular complexity index is 426. The minimum absolute atomic E-state index is 0.0451. The van der Waals surface area contributed by atoms with Gasteiger partial charge in [-0.15, -0.1) is 0 Å². The number of carbonyl (C=O) groups is 2. The Morgan fingerprint density at radius 1 is 0.815 bits per heavy atom. The van der Waals surface area contributed by atoms with Gasteiger partial charge in [0.05, 0.1) is 36.9 Å². The zero-order chi connectivity index (χ0) is 20.5. The Balaban J connectivity index is 4.43. The first-order valence-electron chi connectivity index (χ1n) is 11.1. The van der Waals surface area contributed by atoms with Crippen molar-refractivity contribution in [2.45, 2.75) is 109 Å². The average molecular weight is 415 g/mol. The first kappa shape index (κ1) is 26.1. The first-order chi connectivity index (χ1) is 13.0. The SMILES string of the molecule is C=C(CC(=O)OC(CCC)[SiH2]CCCC)C(=O)OC(CCC)[SiH2]CCCC. The molecule has 0 fully saturated rings. The van der Waals surface area contributed by atoms with E-state index in [4.69, 9.17) is 9.47 Å². The summed E-state index contributed by atoms with van der Waals surface area (Å²) in [5, 5.41) is 0. The minimum atomic E-state index is -0.430. The zero-order valence-corrected chi connectivity index (χ0v) is 21.0. The summed E-state index contributed by atoms with van der Waals surface area (Å²) in [4.78, 5) is 24.6. The smallest absolute Gasteiger partial charge is 0.333 e. The molecule has 27 heavy (non-hydrogen) atoms. The molecule has 0 rings (SSSR count). The van der Waals surface area contributed by atoms with Gasteiger partial charge in [0.15, 0.2) is 0 Å². The third-order valence-corrected chi connectivity index (χ3v) is 8.95. The lowest BCUT2D eigenvalue weighted by Gasteiger charge is -2.19. The fraction of sp³-hybridized carbons (Fsp3) is 0.810. The van der Waals surface area contributed by atoms with Gasteiger partial charge in [-0.1, -0.05) is 84.9 Å². The third kappa shape index (κ3) is 13.9. The molecular weight excluding hydrogens is 372 g/mol. The molecular formula is C21H42O4Si2. The number of esters is 2. The lowest BCUT2D eigenvalue weighted by molar-refractivity contribution is -0.148. The summed E-state index contributed by atoms with van der Waals surface area (Å²) in [6.45, 7) is 12.4.